The molecule has 7 heteroatoms. The van der Waals surface area contributed by atoms with Gasteiger partial charge < -0.3 is 10.1 Å². The second-order valence-corrected chi connectivity index (χ2v) is 10.1. The van der Waals surface area contributed by atoms with Crippen LogP contribution in [0.3, 0.4) is 0 Å². The second kappa shape index (κ2) is 8.09. The molecule has 0 aromatic heterocycles. The van der Waals surface area contributed by atoms with E-state index in [4.69, 9.17) is 4.74 Å². The topological polar surface area (TPSA) is 92.8 Å². The number of benzene rings is 1. The van der Waals surface area contributed by atoms with E-state index in [-0.39, 0.29) is 23.0 Å². The minimum absolute atomic E-state index is 0.0900. The van der Waals surface area contributed by atoms with Gasteiger partial charge in [-0.1, -0.05) is 38.5 Å². The fraction of sp³-hybridized carbons (Fsp3) is 0.583. The molecule has 3 amide bonds. The Hall–Kier alpha value is -2.70. The van der Waals surface area contributed by atoms with Crippen LogP contribution in [-0.2, 0) is 14.3 Å². The van der Waals surface area contributed by atoms with Crippen molar-refractivity contribution >= 4 is 23.7 Å². The van der Waals surface area contributed by atoms with Gasteiger partial charge in [-0.05, 0) is 62.5 Å². The van der Waals surface area contributed by atoms with Gasteiger partial charge in [0, 0.05) is 5.56 Å². The Bertz CT molecular complexity index is 928. The molecule has 1 heterocycles. The average Bonchev–Trinajstić information content (AvgIpc) is 2.80. The van der Waals surface area contributed by atoms with Gasteiger partial charge in [0.25, 0.3) is 5.91 Å². The van der Waals surface area contributed by atoms with Gasteiger partial charge in [0.15, 0.2) is 6.61 Å². The number of hydrogen-bond donors (Lipinski definition) is 1. The SMILES string of the molecule is Cc1cc(C)c(C(=O)COC(=O)CN2C(=O)NC3(CC(C)CC(C)(C)C3)C2=O)c(C)c1. The molecule has 1 N–H and O–H groups in total. The lowest BCUT2D eigenvalue weighted by atomic mass is 9.64. The molecule has 168 valence electrons. The smallest absolute Gasteiger partial charge is 0.326 e. The molecule has 2 fully saturated rings. The van der Waals surface area contributed by atoms with Crippen LogP contribution in [0.4, 0.5) is 4.79 Å². The molecule has 0 bridgehead atoms. The zero-order valence-electron chi connectivity index (χ0n) is 19.3. The molecule has 2 atom stereocenters. The maximum absolute atomic E-state index is 13.1. The van der Waals surface area contributed by atoms with Crippen LogP contribution in [0.1, 0.15) is 67.1 Å². The highest BCUT2D eigenvalue weighted by molar-refractivity contribution is 6.09. The maximum atomic E-state index is 13.1. The molecule has 7 nitrogen and oxygen atoms in total. The van der Waals surface area contributed by atoms with Crippen molar-refractivity contribution in [2.75, 3.05) is 13.2 Å². The fourth-order valence-electron chi connectivity index (χ4n) is 5.66. The Kier molecular flexibility index (Phi) is 6.00. The molecule has 31 heavy (non-hydrogen) atoms. The monoisotopic (exact) mass is 428 g/mol. The standard InChI is InChI=1S/C24H32N2O5/c1-14-7-16(3)20(17(4)8-14)18(27)12-31-19(28)11-26-21(29)24(25-22(26)30)10-15(2)9-23(5,6)13-24/h7-8,15H,9-13H2,1-6H3,(H,25,30). The number of hydrogen-bond acceptors (Lipinski definition) is 5. The summed E-state index contributed by atoms with van der Waals surface area (Å²) >= 11 is 0. The van der Waals surface area contributed by atoms with Gasteiger partial charge in [-0.15, -0.1) is 0 Å². The quantitative estimate of drug-likeness (QED) is 0.440. The van der Waals surface area contributed by atoms with E-state index < -0.39 is 30.7 Å². The summed E-state index contributed by atoms with van der Waals surface area (Å²) < 4.78 is 5.13. The van der Waals surface area contributed by atoms with Crippen LogP contribution in [-0.4, -0.2) is 47.3 Å². The number of carbonyl (C=O) groups is 4. The van der Waals surface area contributed by atoms with Gasteiger partial charge in [-0.3, -0.25) is 19.3 Å². The lowest BCUT2D eigenvalue weighted by Gasteiger charge is -2.43. The number of ether oxygens (including phenoxy) is 1. The Morgan fingerprint density at radius 2 is 1.74 bits per heavy atom. The van der Waals surface area contributed by atoms with Crippen LogP contribution in [0.25, 0.3) is 0 Å². The lowest BCUT2D eigenvalue weighted by Crippen LogP contribution is -2.54. The van der Waals surface area contributed by atoms with Crippen molar-refractivity contribution in [2.45, 2.75) is 66.3 Å². The number of Topliss-reactive ketones (excluding diaryl/α,β-unsaturated/α-hetero) is 1. The first-order valence-electron chi connectivity index (χ1n) is 10.7. The molecular weight excluding hydrogens is 396 g/mol. The van der Waals surface area contributed by atoms with Crippen LogP contribution < -0.4 is 5.32 Å². The van der Waals surface area contributed by atoms with E-state index in [9.17, 15) is 19.2 Å². The number of amides is 3. The van der Waals surface area contributed by atoms with Crippen molar-refractivity contribution in [3.05, 3.63) is 34.4 Å². The zero-order valence-corrected chi connectivity index (χ0v) is 19.3. The molecule has 1 aliphatic carbocycles. The van der Waals surface area contributed by atoms with E-state index in [0.717, 1.165) is 28.0 Å². The van der Waals surface area contributed by atoms with Gasteiger partial charge in [0.05, 0.1) is 0 Å². The number of ketones is 1. The molecule has 2 aliphatic rings. The molecule has 2 unspecified atom stereocenters. The number of esters is 1. The Morgan fingerprint density at radius 1 is 1.13 bits per heavy atom. The number of aryl methyl sites for hydroxylation is 3. The summed E-state index contributed by atoms with van der Waals surface area (Å²) in [5, 5.41) is 2.83. The summed E-state index contributed by atoms with van der Waals surface area (Å²) in [7, 11) is 0. The van der Waals surface area contributed by atoms with Crippen molar-refractivity contribution in [3.8, 4) is 0 Å². The number of carbonyl (C=O) groups excluding carboxylic acids is 4. The Labute approximate surface area is 183 Å². The number of imide groups is 1. The fourth-order valence-corrected chi connectivity index (χ4v) is 5.66. The third-order valence-electron chi connectivity index (χ3n) is 6.23. The summed E-state index contributed by atoms with van der Waals surface area (Å²) in [5.41, 5.74) is 2.17. The van der Waals surface area contributed by atoms with E-state index in [2.05, 4.69) is 26.1 Å². The van der Waals surface area contributed by atoms with E-state index in [0.29, 0.717) is 18.4 Å². The van der Waals surface area contributed by atoms with E-state index in [1.165, 1.54) is 0 Å². The first-order chi connectivity index (χ1) is 14.3. The Balaban J connectivity index is 1.64. The molecule has 1 saturated carbocycles. The highest BCUT2D eigenvalue weighted by atomic mass is 16.5. The van der Waals surface area contributed by atoms with Gasteiger partial charge in [0.1, 0.15) is 12.1 Å². The number of nitrogens with one attached hydrogen (secondary N) is 1. The highest BCUT2D eigenvalue weighted by Crippen LogP contribution is 2.46. The first-order valence-corrected chi connectivity index (χ1v) is 10.7. The second-order valence-electron chi connectivity index (χ2n) is 10.1. The van der Waals surface area contributed by atoms with Gasteiger partial charge in [-0.25, -0.2) is 4.79 Å². The van der Waals surface area contributed by atoms with Crippen LogP contribution in [0.2, 0.25) is 0 Å². The molecule has 1 aromatic rings. The Morgan fingerprint density at radius 3 is 2.32 bits per heavy atom. The largest absolute Gasteiger partial charge is 0.456 e. The lowest BCUT2D eigenvalue weighted by molar-refractivity contribution is -0.147. The van der Waals surface area contributed by atoms with Gasteiger partial charge in [0.2, 0.25) is 5.78 Å². The zero-order chi connectivity index (χ0) is 23.1. The predicted molar refractivity (Wildman–Crippen MR) is 116 cm³/mol. The molecule has 1 aliphatic heterocycles. The molecule has 1 saturated heterocycles. The number of rotatable bonds is 5. The van der Waals surface area contributed by atoms with Crippen LogP contribution in [0.15, 0.2) is 12.1 Å². The molecular formula is C24H32N2O5. The van der Waals surface area contributed by atoms with Crippen molar-refractivity contribution in [1.29, 1.82) is 0 Å². The van der Waals surface area contributed by atoms with Crippen molar-refractivity contribution < 1.29 is 23.9 Å². The third-order valence-corrected chi connectivity index (χ3v) is 6.23. The molecule has 0 radical (unpaired) electrons. The van der Waals surface area contributed by atoms with Crippen molar-refractivity contribution in [3.63, 3.8) is 0 Å². The van der Waals surface area contributed by atoms with Crippen LogP contribution >= 0.6 is 0 Å². The predicted octanol–water partition coefficient (Wildman–Crippen LogP) is 3.47. The summed E-state index contributed by atoms with van der Waals surface area (Å²) in [6, 6.07) is 3.23. The minimum atomic E-state index is -0.968. The highest BCUT2D eigenvalue weighted by Gasteiger charge is 2.56. The van der Waals surface area contributed by atoms with E-state index in [1.54, 1.807) is 0 Å². The summed E-state index contributed by atoms with van der Waals surface area (Å²) in [6.07, 6.45) is 2.06. The number of nitrogens with zero attached hydrogens (tertiary/aromatic N) is 1. The third kappa shape index (κ3) is 4.65. The summed E-state index contributed by atoms with van der Waals surface area (Å²) in [4.78, 5) is 51.5. The van der Waals surface area contributed by atoms with Crippen molar-refractivity contribution in [2.24, 2.45) is 11.3 Å². The normalized spacial score (nSPS) is 25.0. The first kappa shape index (κ1) is 23.0. The number of urea groups is 1. The maximum Gasteiger partial charge on any atom is 0.326 e. The summed E-state index contributed by atoms with van der Waals surface area (Å²) in [5.74, 6) is -1.19. The minimum Gasteiger partial charge on any atom is -0.456 e. The van der Waals surface area contributed by atoms with E-state index in [1.807, 2.05) is 32.9 Å². The molecule has 1 spiro atoms. The van der Waals surface area contributed by atoms with Crippen molar-refractivity contribution in [1.82, 2.24) is 10.2 Å². The average molecular weight is 429 g/mol. The van der Waals surface area contributed by atoms with E-state index >= 15 is 0 Å². The molecule has 3 rings (SSSR count). The van der Waals surface area contributed by atoms with Crippen LogP contribution in [0, 0.1) is 32.1 Å². The van der Waals surface area contributed by atoms with Crippen LogP contribution in [0.5, 0.6) is 0 Å². The van der Waals surface area contributed by atoms with Gasteiger partial charge in [-0.2, -0.15) is 0 Å². The van der Waals surface area contributed by atoms with Gasteiger partial charge >= 0.3 is 12.0 Å². The summed E-state index contributed by atoms with van der Waals surface area (Å²) in [6.45, 7) is 10.9. The molecule has 1 aromatic carbocycles.